The molecule has 0 saturated carbocycles. The van der Waals surface area contributed by atoms with Crippen molar-refractivity contribution >= 4 is 0 Å². The van der Waals surface area contributed by atoms with Gasteiger partial charge in [-0.1, -0.05) is 30.3 Å². The Hall–Kier alpha value is -3.48. The Morgan fingerprint density at radius 3 is 2.25 bits per heavy atom. The molecule has 0 amide bonds. The number of imidazole rings is 1. The zero-order valence-electron chi connectivity index (χ0n) is 14.5. The number of alkyl halides is 3. The third-order valence-corrected chi connectivity index (χ3v) is 4.24. The van der Waals surface area contributed by atoms with E-state index in [1.807, 2.05) is 30.3 Å². The Balaban J connectivity index is 1.74. The van der Waals surface area contributed by atoms with Gasteiger partial charge in [0.15, 0.2) is 17.3 Å². The van der Waals surface area contributed by atoms with Crippen molar-refractivity contribution in [2.45, 2.75) is 12.7 Å². The van der Waals surface area contributed by atoms with Crippen molar-refractivity contribution in [1.29, 1.82) is 0 Å². The smallest absolute Gasteiger partial charge is 0.434 e. The summed E-state index contributed by atoms with van der Waals surface area (Å²) in [5, 5.41) is 9.39. The second kappa shape index (κ2) is 6.92. The fourth-order valence-electron chi connectivity index (χ4n) is 2.89. The molecular formula is C21H15F3N2O2. The largest absolute Gasteiger partial charge is 0.508 e. The van der Waals surface area contributed by atoms with Gasteiger partial charge in [0.1, 0.15) is 11.5 Å². The van der Waals surface area contributed by atoms with Gasteiger partial charge in [-0.15, -0.1) is 0 Å². The van der Waals surface area contributed by atoms with E-state index in [0.29, 0.717) is 11.3 Å². The standard InChI is InChI=1S/C21H15F3N2O2/c22-21(23,24)19-13-26(12-14-4-2-1-3-5-14)20(25-19)18-11-10-17(28-18)15-6-8-16(27)9-7-15/h1-11,13,27H,12H2. The summed E-state index contributed by atoms with van der Waals surface area (Å²) in [7, 11) is 0. The Labute approximate surface area is 158 Å². The van der Waals surface area contributed by atoms with Crippen LogP contribution >= 0.6 is 0 Å². The monoisotopic (exact) mass is 384 g/mol. The number of furan rings is 1. The molecule has 0 saturated heterocycles. The lowest BCUT2D eigenvalue weighted by atomic mass is 10.2. The fourth-order valence-corrected chi connectivity index (χ4v) is 2.89. The molecule has 0 aliphatic heterocycles. The number of hydrogen-bond donors (Lipinski definition) is 1. The summed E-state index contributed by atoms with van der Waals surface area (Å²) in [5.41, 5.74) is 0.572. The van der Waals surface area contributed by atoms with Gasteiger partial charge >= 0.3 is 6.18 Å². The molecule has 142 valence electrons. The van der Waals surface area contributed by atoms with Crippen molar-refractivity contribution in [3.63, 3.8) is 0 Å². The molecule has 2 aromatic heterocycles. The average Bonchev–Trinajstić information content (AvgIpc) is 3.30. The van der Waals surface area contributed by atoms with Gasteiger partial charge in [-0.2, -0.15) is 13.2 Å². The van der Waals surface area contributed by atoms with E-state index in [1.54, 1.807) is 24.3 Å². The van der Waals surface area contributed by atoms with E-state index in [1.165, 1.54) is 16.7 Å². The van der Waals surface area contributed by atoms with Gasteiger partial charge < -0.3 is 14.1 Å². The Bertz CT molecular complexity index is 1080. The minimum Gasteiger partial charge on any atom is -0.508 e. The van der Waals surface area contributed by atoms with Crippen LogP contribution in [-0.4, -0.2) is 14.7 Å². The van der Waals surface area contributed by atoms with Crippen molar-refractivity contribution in [3.8, 4) is 28.7 Å². The lowest BCUT2D eigenvalue weighted by Crippen LogP contribution is -2.05. The van der Waals surface area contributed by atoms with Crippen LogP contribution in [0.4, 0.5) is 13.2 Å². The molecule has 28 heavy (non-hydrogen) atoms. The van der Waals surface area contributed by atoms with Crippen LogP contribution < -0.4 is 0 Å². The molecule has 1 N–H and O–H groups in total. The molecule has 4 aromatic rings. The van der Waals surface area contributed by atoms with Crippen LogP contribution in [0.15, 0.2) is 77.3 Å². The van der Waals surface area contributed by atoms with Gasteiger partial charge in [-0.3, -0.25) is 0 Å². The maximum atomic E-state index is 13.2. The number of halogens is 3. The third-order valence-electron chi connectivity index (χ3n) is 4.24. The zero-order chi connectivity index (χ0) is 19.7. The zero-order valence-corrected chi connectivity index (χ0v) is 14.5. The van der Waals surface area contributed by atoms with Crippen LogP contribution in [0.2, 0.25) is 0 Å². The van der Waals surface area contributed by atoms with Crippen molar-refractivity contribution in [2.75, 3.05) is 0 Å². The molecule has 0 spiro atoms. The molecule has 4 rings (SSSR count). The van der Waals surface area contributed by atoms with Gasteiger partial charge in [0.2, 0.25) is 0 Å². The summed E-state index contributed by atoms with van der Waals surface area (Å²) in [6, 6.07) is 18.8. The van der Waals surface area contributed by atoms with E-state index >= 15 is 0 Å². The first kappa shape index (κ1) is 17.9. The molecule has 0 aliphatic carbocycles. The minimum absolute atomic E-state index is 0.0983. The van der Waals surface area contributed by atoms with E-state index in [9.17, 15) is 18.3 Å². The number of hydrogen-bond acceptors (Lipinski definition) is 3. The summed E-state index contributed by atoms with van der Waals surface area (Å²) in [6.07, 6.45) is -3.56. The van der Waals surface area contributed by atoms with E-state index in [0.717, 1.165) is 11.8 Å². The van der Waals surface area contributed by atoms with Gasteiger partial charge in [0, 0.05) is 18.3 Å². The number of aromatic nitrogens is 2. The molecule has 0 fully saturated rings. The van der Waals surface area contributed by atoms with Gasteiger partial charge in [-0.05, 0) is 42.0 Å². The van der Waals surface area contributed by atoms with Crippen LogP contribution in [0.1, 0.15) is 11.3 Å². The number of benzene rings is 2. The molecule has 7 heteroatoms. The predicted octanol–water partition coefficient (Wildman–Crippen LogP) is 5.58. The van der Waals surface area contributed by atoms with Gasteiger partial charge in [0.05, 0.1) is 0 Å². The van der Waals surface area contributed by atoms with Crippen LogP contribution in [0.5, 0.6) is 5.75 Å². The normalized spacial score (nSPS) is 11.7. The number of rotatable bonds is 4. The average molecular weight is 384 g/mol. The Morgan fingerprint density at radius 1 is 0.893 bits per heavy atom. The molecule has 2 heterocycles. The molecule has 4 nitrogen and oxygen atoms in total. The van der Waals surface area contributed by atoms with Crippen molar-refractivity contribution in [3.05, 3.63) is 84.2 Å². The lowest BCUT2D eigenvalue weighted by molar-refractivity contribution is -0.140. The van der Waals surface area contributed by atoms with E-state index < -0.39 is 11.9 Å². The van der Waals surface area contributed by atoms with Crippen LogP contribution in [0, 0.1) is 0 Å². The molecular weight excluding hydrogens is 369 g/mol. The number of nitrogens with zero attached hydrogens (tertiary/aromatic N) is 2. The minimum atomic E-state index is -4.55. The molecule has 0 aliphatic rings. The topological polar surface area (TPSA) is 51.2 Å². The van der Waals surface area contributed by atoms with Crippen LogP contribution in [-0.2, 0) is 12.7 Å². The van der Waals surface area contributed by atoms with E-state index in [4.69, 9.17) is 4.42 Å². The molecule has 0 unspecified atom stereocenters. The molecule has 2 aromatic carbocycles. The van der Waals surface area contributed by atoms with Gasteiger partial charge in [-0.25, -0.2) is 4.98 Å². The highest BCUT2D eigenvalue weighted by atomic mass is 19.4. The molecule has 0 radical (unpaired) electrons. The Morgan fingerprint density at radius 2 is 1.57 bits per heavy atom. The first-order chi connectivity index (χ1) is 13.4. The van der Waals surface area contributed by atoms with E-state index in [-0.39, 0.29) is 23.9 Å². The third kappa shape index (κ3) is 3.64. The highest BCUT2D eigenvalue weighted by Gasteiger charge is 2.35. The fraction of sp³-hybridized carbons (Fsp3) is 0.0952. The second-order valence-electron chi connectivity index (χ2n) is 6.27. The highest BCUT2D eigenvalue weighted by molar-refractivity contribution is 5.62. The second-order valence-corrected chi connectivity index (χ2v) is 6.27. The summed E-state index contributed by atoms with van der Waals surface area (Å²) >= 11 is 0. The number of phenols is 1. The first-order valence-electron chi connectivity index (χ1n) is 8.48. The number of phenolic OH excluding ortho intramolecular Hbond substituents is 1. The molecule has 0 bridgehead atoms. The predicted molar refractivity (Wildman–Crippen MR) is 97.6 cm³/mol. The van der Waals surface area contributed by atoms with Crippen molar-refractivity contribution in [2.24, 2.45) is 0 Å². The summed E-state index contributed by atoms with van der Waals surface area (Å²) in [4.78, 5) is 3.77. The summed E-state index contributed by atoms with van der Waals surface area (Å²) < 4.78 is 46.8. The highest BCUT2D eigenvalue weighted by Crippen LogP contribution is 2.33. The van der Waals surface area contributed by atoms with Crippen LogP contribution in [0.25, 0.3) is 22.9 Å². The first-order valence-corrected chi connectivity index (χ1v) is 8.48. The van der Waals surface area contributed by atoms with Gasteiger partial charge in [0.25, 0.3) is 0 Å². The van der Waals surface area contributed by atoms with Crippen LogP contribution in [0.3, 0.4) is 0 Å². The van der Waals surface area contributed by atoms with Crippen molar-refractivity contribution < 1.29 is 22.7 Å². The van der Waals surface area contributed by atoms with Crippen molar-refractivity contribution in [1.82, 2.24) is 9.55 Å². The maximum absolute atomic E-state index is 13.2. The number of aromatic hydroxyl groups is 1. The van der Waals surface area contributed by atoms with E-state index in [2.05, 4.69) is 4.98 Å². The lowest BCUT2D eigenvalue weighted by Gasteiger charge is -2.06. The molecule has 0 atom stereocenters. The Kier molecular flexibility index (Phi) is 4.43. The quantitative estimate of drug-likeness (QED) is 0.500. The SMILES string of the molecule is Oc1ccc(-c2ccc(-c3nc(C(F)(F)F)cn3Cc3ccccc3)o2)cc1. The summed E-state index contributed by atoms with van der Waals surface area (Å²) in [6.45, 7) is 0.231. The summed E-state index contributed by atoms with van der Waals surface area (Å²) in [5.74, 6) is 0.914. The maximum Gasteiger partial charge on any atom is 0.434 e.